The van der Waals surface area contributed by atoms with Gasteiger partial charge in [0.15, 0.2) is 0 Å². The Balaban J connectivity index is 1.49. The highest BCUT2D eigenvalue weighted by Crippen LogP contribution is 2.33. The lowest BCUT2D eigenvalue weighted by Crippen LogP contribution is -2.41. The molecule has 0 spiro atoms. The van der Waals surface area contributed by atoms with Crippen LogP contribution in [0, 0.1) is 0 Å². The molecule has 3 aromatic heterocycles. The van der Waals surface area contributed by atoms with Crippen molar-refractivity contribution in [2.24, 2.45) is 0 Å². The Morgan fingerprint density at radius 2 is 2.22 bits per heavy atom. The van der Waals surface area contributed by atoms with Gasteiger partial charge in [-0.25, -0.2) is 15.0 Å². The first-order valence-electron chi connectivity index (χ1n) is 8.94. The molecule has 0 bridgehead atoms. The van der Waals surface area contributed by atoms with Crippen molar-refractivity contribution in [3.05, 3.63) is 64.4 Å². The van der Waals surface area contributed by atoms with E-state index in [0.717, 1.165) is 39.7 Å². The molecule has 2 N–H and O–H groups in total. The summed E-state index contributed by atoms with van der Waals surface area (Å²) >= 11 is 1.58. The van der Waals surface area contributed by atoms with E-state index in [-0.39, 0.29) is 11.9 Å². The minimum absolute atomic E-state index is 0.101. The number of para-hydroxylation sites is 2. The van der Waals surface area contributed by atoms with E-state index in [1.54, 1.807) is 23.9 Å². The molecule has 1 amide bonds. The summed E-state index contributed by atoms with van der Waals surface area (Å²) in [5, 5.41) is 2.93. The predicted octanol–water partition coefficient (Wildman–Crippen LogP) is 2.85. The van der Waals surface area contributed by atoms with Crippen molar-refractivity contribution in [3.63, 3.8) is 0 Å². The van der Waals surface area contributed by atoms with Crippen LogP contribution in [0.15, 0.2) is 42.2 Å². The maximum absolute atomic E-state index is 13.0. The van der Waals surface area contributed by atoms with Crippen LogP contribution in [0.25, 0.3) is 11.0 Å². The maximum Gasteiger partial charge on any atom is 0.223 e. The first kappa shape index (κ1) is 16.2. The molecule has 8 heteroatoms. The van der Waals surface area contributed by atoms with Crippen molar-refractivity contribution in [2.45, 2.75) is 25.3 Å². The third kappa shape index (κ3) is 2.91. The molecule has 1 aliphatic rings. The molecule has 1 atom stereocenters. The largest absolute Gasteiger partial charge is 0.348 e. The monoisotopic (exact) mass is 378 g/mol. The van der Waals surface area contributed by atoms with Crippen molar-refractivity contribution in [1.29, 1.82) is 0 Å². The second kappa shape index (κ2) is 6.62. The van der Waals surface area contributed by atoms with E-state index in [4.69, 9.17) is 4.98 Å². The Bertz CT molecular complexity index is 1050. The van der Waals surface area contributed by atoms with Gasteiger partial charge in [0, 0.05) is 43.1 Å². The van der Waals surface area contributed by atoms with Gasteiger partial charge in [-0.15, -0.1) is 11.3 Å². The number of thiazole rings is 1. The number of carbonyl (C=O) groups excluding carboxylic acids is 1. The number of aromatic amines is 2. The first-order chi connectivity index (χ1) is 13.3. The van der Waals surface area contributed by atoms with Crippen LogP contribution < -0.4 is 0 Å². The topological polar surface area (TPSA) is 90.6 Å². The fourth-order valence-corrected chi connectivity index (χ4v) is 4.28. The van der Waals surface area contributed by atoms with Gasteiger partial charge in [0.1, 0.15) is 11.9 Å². The zero-order valence-electron chi connectivity index (χ0n) is 14.6. The number of amides is 1. The zero-order valence-corrected chi connectivity index (χ0v) is 15.4. The average Bonchev–Trinajstić information content (AvgIpc) is 3.45. The van der Waals surface area contributed by atoms with E-state index >= 15 is 0 Å². The summed E-state index contributed by atoms with van der Waals surface area (Å²) in [5.41, 5.74) is 3.81. The number of nitrogens with one attached hydrogen (secondary N) is 2. The van der Waals surface area contributed by atoms with Crippen LogP contribution in [-0.4, -0.2) is 42.3 Å². The lowest BCUT2D eigenvalue weighted by molar-refractivity contribution is -0.133. The average molecular weight is 378 g/mol. The molecule has 5 rings (SSSR count). The second-order valence-electron chi connectivity index (χ2n) is 6.57. The molecule has 0 radical (unpaired) electrons. The smallest absolute Gasteiger partial charge is 0.223 e. The van der Waals surface area contributed by atoms with E-state index < -0.39 is 0 Å². The Morgan fingerprint density at radius 3 is 3.07 bits per heavy atom. The summed E-state index contributed by atoms with van der Waals surface area (Å²) in [6.45, 7) is 0.646. The molecule has 0 saturated carbocycles. The summed E-state index contributed by atoms with van der Waals surface area (Å²) in [5.74, 6) is 0.858. The molecule has 27 heavy (non-hydrogen) atoms. The quantitative estimate of drug-likeness (QED) is 0.571. The van der Waals surface area contributed by atoms with Gasteiger partial charge in [0.25, 0.3) is 0 Å². The fourth-order valence-electron chi connectivity index (χ4n) is 3.66. The van der Waals surface area contributed by atoms with Gasteiger partial charge in [0.2, 0.25) is 5.91 Å². The standard InChI is InChI=1S/C19H18N6OS/c26-16(6-5-15-20-8-10-27-15)25-9-7-14-17(22-11-21-14)18(25)19-23-12-3-1-2-4-13(12)24-19/h1-4,8,10-11,18H,5-7,9H2,(H,21,22)(H,23,24)/t18-/m0/s1. The van der Waals surface area contributed by atoms with Crippen LogP contribution in [0.4, 0.5) is 0 Å². The second-order valence-corrected chi connectivity index (χ2v) is 7.55. The van der Waals surface area contributed by atoms with Crippen molar-refractivity contribution in [1.82, 2.24) is 29.8 Å². The highest BCUT2D eigenvalue weighted by Gasteiger charge is 2.35. The highest BCUT2D eigenvalue weighted by molar-refractivity contribution is 7.09. The van der Waals surface area contributed by atoms with Crippen molar-refractivity contribution < 1.29 is 4.79 Å². The summed E-state index contributed by atoms with van der Waals surface area (Å²) in [4.78, 5) is 35.1. The summed E-state index contributed by atoms with van der Waals surface area (Å²) in [6, 6.07) is 7.61. The summed E-state index contributed by atoms with van der Waals surface area (Å²) in [6.07, 6.45) is 5.34. The van der Waals surface area contributed by atoms with E-state index in [1.807, 2.05) is 34.5 Å². The zero-order chi connectivity index (χ0) is 18.2. The third-order valence-corrected chi connectivity index (χ3v) is 5.79. The van der Waals surface area contributed by atoms with Crippen LogP contribution in [0.1, 0.15) is 34.7 Å². The Kier molecular flexibility index (Phi) is 3.97. The van der Waals surface area contributed by atoms with Gasteiger partial charge in [-0.2, -0.15) is 0 Å². The third-order valence-electron chi connectivity index (χ3n) is 4.95. The molecular formula is C19H18N6OS. The number of rotatable bonds is 4. The normalized spacial score (nSPS) is 16.6. The molecular weight excluding hydrogens is 360 g/mol. The van der Waals surface area contributed by atoms with Crippen LogP contribution in [-0.2, 0) is 17.6 Å². The predicted molar refractivity (Wildman–Crippen MR) is 102 cm³/mol. The Hall–Kier alpha value is -3.00. The SMILES string of the molecule is O=C(CCc1nccs1)N1CCc2[nH]cnc2[C@H]1c1nc2ccccc2[nH]1. The Labute approximate surface area is 159 Å². The molecule has 0 aliphatic carbocycles. The molecule has 0 saturated heterocycles. The van der Waals surface area contributed by atoms with Gasteiger partial charge < -0.3 is 14.9 Å². The van der Waals surface area contributed by atoms with E-state index in [1.165, 1.54) is 0 Å². The van der Waals surface area contributed by atoms with Crippen molar-refractivity contribution in [3.8, 4) is 0 Å². The molecule has 0 unspecified atom stereocenters. The number of aromatic nitrogens is 5. The van der Waals surface area contributed by atoms with Gasteiger partial charge in [-0.3, -0.25) is 4.79 Å². The first-order valence-corrected chi connectivity index (χ1v) is 9.82. The number of hydrogen-bond donors (Lipinski definition) is 2. The number of fused-ring (bicyclic) bond motifs is 2. The number of benzene rings is 1. The van der Waals surface area contributed by atoms with Crippen LogP contribution >= 0.6 is 11.3 Å². The number of imidazole rings is 2. The lowest BCUT2D eigenvalue weighted by atomic mass is 10.0. The minimum atomic E-state index is -0.295. The minimum Gasteiger partial charge on any atom is -0.348 e. The molecule has 4 aromatic rings. The van der Waals surface area contributed by atoms with Crippen molar-refractivity contribution >= 4 is 28.3 Å². The van der Waals surface area contributed by atoms with Gasteiger partial charge in [0.05, 0.1) is 28.1 Å². The number of nitrogens with zero attached hydrogens (tertiary/aromatic N) is 4. The molecule has 7 nitrogen and oxygen atoms in total. The van der Waals surface area contributed by atoms with Crippen LogP contribution in [0.2, 0.25) is 0 Å². The van der Waals surface area contributed by atoms with Gasteiger partial charge >= 0.3 is 0 Å². The molecule has 1 aliphatic heterocycles. The fraction of sp³-hybridized carbons (Fsp3) is 0.263. The maximum atomic E-state index is 13.0. The molecule has 1 aromatic carbocycles. The number of hydrogen-bond acceptors (Lipinski definition) is 5. The number of aryl methyl sites for hydroxylation is 1. The van der Waals surface area contributed by atoms with E-state index in [9.17, 15) is 4.79 Å². The summed E-state index contributed by atoms with van der Waals surface area (Å²) in [7, 11) is 0. The molecule has 0 fully saturated rings. The lowest BCUT2D eigenvalue weighted by Gasteiger charge is -2.33. The highest BCUT2D eigenvalue weighted by atomic mass is 32.1. The summed E-state index contributed by atoms with van der Waals surface area (Å²) < 4.78 is 0. The van der Waals surface area contributed by atoms with Gasteiger partial charge in [-0.1, -0.05) is 12.1 Å². The van der Waals surface area contributed by atoms with Gasteiger partial charge in [-0.05, 0) is 12.1 Å². The molecule has 136 valence electrons. The van der Waals surface area contributed by atoms with E-state index in [2.05, 4.69) is 19.9 Å². The van der Waals surface area contributed by atoms with Crippen LogP contribution in [0.3, 0.4) is 0 Å². The van der Waals surface area contributed by atoms with Crippen LogP contribution in [0.5, 0.6) is 0 Å². The van der Waals surface area contributed by atoms with E-state index in [0.29, 0.717) is 19.4 Å². The Morgan fingerprint density at radius 1 is 1.30 bits per heavy atom. The number of carbonyl (C=O) groups is 1. The molecule has 4 heterocycles. The van der Waals surface area contributed by atoms with Crippen molar-refractivity contribution in [2.75, 3.05) is 6.54 Å². The number of H-pyrrole nitrogens is 2.